The number of benzene rings is 3. The zero-order valence-electron chi connectivity index (χ0n) is 16.1. The number of fused-ring (bicyclic) bond motifs is 2. The third-order valence-corrected chi connectivity index (χ3v) is 5.62. The summed E-state index contributed by atoms with van der Waals surface area (Å²) >= 11 is 5.60. The Hall–Kier alpha value is -3.18. The second kappa shape index (κ2) is 7.68. The number of aromatic nitrogens is 2. The highest BCUT2D eigenvalue weighted by atomic mass is 32.1. The van der Waals surface area contributed by atoms with Gasteiger partial charge in [-0.3, -0.25) is 0 Å². The Morgan fingerprint density at radius 1 is 0.897 bits per heavy atom. The van der Waals surface area contributed by atoms with Crippen LogP contribution in [0.4, 0.5) is 11.6 Å². The van der Waals surface area contributed by atoms with Crippen molar-refractivity contribution in [3.05, 3.63) is 89.5 Å². The molecule has 4 nitrogen and oxygen atoms in total. The molecule has 144 valence electrons. The van der Waals surface area contributed by atoms with Crippen LogP contribution in [0.25, 0.3) is 11.0 Å². The second-order valence-corrected chi connectivity index (χ2v) is 7.82. The van der Waals surface area contributed by atoms with Crippen LogP contribution in [-0.2, 0) is 19.4 Å². The molecule has 0 amide bonds. The van der Waals surface area contributed by atoms with Crippen molar-refractivity contribution in [2.45, 2.75) is 25.8 Å². The van der Waals surface area contributed by atoms with Crippen LogP contribution in [0, 0.1) is 0 Å². The van der Waals surface area contributed by atoms with Gasteiger partial charge in [0.05, 0.1) is 17.6 Å². The summed E-state index contributed by atoms with van der Waals surface area (Å²) in [6.07, 6.45) is 3.57. The summed E-state index contributed by atoms with van der Waals surface area (Å²) in [5.41, 5.74) is 7.16. The van der Waals surface area contributed by atoms with Crippen molar-refractivity contribution < 1.29 is 0 Å². The molecule has 5 rings (SSSR count). The minimum Gasteiger partial charge on any atom is -0.332 e. The minimum atomic E-state index is 0.549. The molecule has 2 N–H and O–H groups in total. The highest BCUT2D eigenvalue weighted by Gasteiger charge is 2.14. The van der Waals surface area contributed by atoms with Gasteiger partial charge in [-0.2, -0.15) is 0 Å². The first kappa shape index (κ1) is 17.9. The van der Waals surface area contributed by atoms with Crippen LogP contribution in [0.1, 0.15) is 23.1 Å². The number of nitrogens with one attached hydrogen (secondary N) is 2. The van der Waals surface area contributed by atoms with Crippen molar-refractivity contribution in [3.63, 3.8) is 0 Å². The molecule has 0 fully saturated rings. The first-order valence-electron chi connectivity index (χ1n) is 9.95. The number of para-hydroxylation sites is 2. The molecule has 0 saturated heterocycles. The van der Waals surface area contributed by atoms with Crippen LogP contribution in [-0.4, -0.2) is 14.7 Å². The van der Waals surface area contributed by atoms with Gasteiger partial charge in [0.25, 0.3) is 0 Å². The Labute approximate surface area is 175 Å². The molecular weight excluding hydrogens is 376 g/mol. The fraction of sp³-hybridized carbons (Fsp3) is 0.167. The van der Waals surface area contributed by atoms with Crippen LogP contribution in [0.2, 0.25) is 0 Å². The molecule has 3 aromatic carbocycles. The Bertz CT molecular complexity index is 1180. The zero-order valence-corrected chi connectivity index (χ0v) is 16.9. The summed E-state index contributed by atoms with van der Waals surface area (Å²) in [5, 5.41) is 7.18. The number of thiocarbonyl (C=S) groups is 1. The van der Waals surface area contributed by atoms with Crippen molar-refractivity contribution in [2.24, 2.45) is 0 Å². The minimum absolute atomic E-state index is 0.549. The van der Waals surface area contributed by atoms with Gasteiger partial charge in [0.2, 0.25) is 5.95 Å². The third-order valence-electron chi connectivity index (χ3n) is 5.42. The van der Waals surface area contributed by atoms with Crippen LogP contribution in [0.5, 0.6) is 0 Å². The molecule has 1 aliphatic carbocycles. The average Bonchev–Trinajstić information content (AvgIpc) is 3.33. The van der Waals surface area contributed by atoms with E-state index < -0.39 is 0 Å². The normalized spacial score (nSPS) is 12.7. The molecule has 0 atom stereocenters. The number of aryl methyl sites for hydroxylation is 2. The Balaban J connectivity index is 1.40. The highest BCUT2D eigenvalue weighted by molar-refractivity contribution is 7.80. The standard InChI is InChI=1S/C24H22N4S/c29-24(25-20-14-13-18-9-6-10-19(18)15-20)27-23-26-21-11-4-5-12-22(21)28(23)16-17-7-2-1-3-8-17/h1-5,7-8,11-15H,6,9-10,16H2,(H2,25,26,27,29). The predicted octanol–water partition coefficient (Wildman–Crippen LogP) is 5.38. The van der Waals surface area contributed by atoms with Crippen molar-refractivity contribution in [1.82, 2.24) is 9.55 Å². The molecule has 1 aromatic heterocycles. The molecule has 0 spiro atoms. The first-order chi connectivity index (χ1) is 14.3. The maximum absolute atomic E-state index is 5.60. The van der Waals surface area contributed by atoms with Gasteiger partial charge in [-0.1, -0.05) is 48.5 Å². The lowest BCUT2D eigenvalue weighted by Crippen LogP contribution is -2.22. The van der Waals surface area contributed by atoms with E-state index in [2.05, 4.69) is 63.7 Å². The lowest BCUT2D eigenvalue weighted by molar-refractivity contribution is 0.837. The van der Waals surface area contributed by atoms with Crippen molar-refractivity contribution in [1.29, 1.82) is 0 Å². The van der Waals surface area contributed by atoms with E-state index >= 15 is 0 Å². The number of anilines is 2. The Morgan fingerprint density at radius 2 is 1.69 bits per heavy atom. The topological polar surface area (TPSA) is 41.9 Å². The van der Waals surface area contributed by atoms with E-state index in [0.29, 0.717) is 5.11 Å². The van der Waals surface area contributed by atoms with Crippen molar-refractivity contribution in [2.75, 3.05) is 10.6 Å². The lowest BCUT2D eigenvalue weighted by Gasteiger charge is -2.13. The smallest absolute Gasteiger partial charge is 0.210 e. The molecule has 0 unspecified atom stereocenters. The maximum Gasteiger partial charge on any atom is 0.210 e. The van der Waals surface area contributed by atoms with Crippen molar-refractivity contribution >= 4 is 40.0 Å². The first-order valence-corrected chi connectivity index (χ1v) is 10.4. The molecule has 0 aliphatic heterocycles. The summed E-state index contributed by atoms with van der Waals surface area (Å²) in [6, 6.07) is 25.1. The molecule has 4 aromatic rings. The number of rotatable bonds is 4. The quantitative estimate of drug-likeness (QED) is 0.453. The molecular formula is C24H22N4S. The zero-order chi connectivity index (χ0) is 19.6. The van der Waals surface area contributed by atoms with E-state index in [1.54, 1.807) is 0 Å². The van der Waals surface area contributed by atoms with Gasteiger partial charge >= 0.3 is 0 Å². The summed E-state index contributed by atoms with van der Waals surface area (Å²) in [6.45, 7) is 0.727. The molecule has 0 saturated carbocycles. The summed E-state index contributed by atoms with van der Waals surface area (Å²) in [5.74, 6) is 0.744. The highest BCUT2D eigenvalue weighted by Crippen LogP contribution is 2.25. The number of imidazole rings is 1. The fourth-order valence-electron chi connectivity index (χ4n) is 4.01. The van der Waals surface area contributed by atoms with Crippen LogP contribution in [0.15, 0.2) is 72.8 Å². The third kappa shape index (κ3) is 3.74. The van der Waals surface area contributed by atoms with Gasteiger partial charge in [-0.25, -0.2) is 4.98 Å². The van der Waals surface area contributed by atoms with E-state index in [1.165, 1.54) is 29.5 Å². The van der Waals surface area contributed by atoms with Crippen LogP contribution < -0.4 is 10.6 Å². The fourth-order valence-corrected chi connectivity index (χ4v) is 4.22. The van der Waals surface area contributed by atoms with E-state index in [1.807, 2.05) is 24.3 Å². The maximum atomic E-state index is 5.60. The lowest BCUT2D eigenvalue weighted by atomic mass is 10.1. The molecule has 29 heavy (non-hydrogen) atoms. The SMILES string of the molecule is S=C(Nc1ccc2c(c1)CCC2)Nc1nc2ccccc2n1Cc1ccccc1. The van der Waals surface area contributed by atoms with E-state index in [-0.39, 0.29) is 0 Å². The van der Waals surface area contributed by atoms with E-state index in [4.69, 9.17) is 17.2 Å². The van der Waals surface area contributed by atoms with Gasteiger partial charge in [-0.05, 0) is 72.4 Å². The largest absolute Gasteiger partial charge is 0.332 e. The van der Waals surface area contributed by atoms with Crippen LogP contribution in [0.3, 0.4) is 0 Å². The van der Waals surface area contributed by atoms with E-state index in [9.17, 15) is 0 Å². The molecule has 5 heteroatoms. The predicted molar refractivity (Wildman–Crippen MR) is 124 cm³/mol. The molecule has 0 radical (unpaired) electrons. The monoisotopic (exact) mass is 398 g/mol. The Kier molecular flexibility index (Phi) is 4.74. The Morgan fingerprint density at radius 3 is 2.59 bits per heavy atom. The van der Waals surface area contributed by atoms with Gasteiger partial charge < -0.3 is 15.2 Å². The molecule has 1 heterocycles. The number of nitrogens with zero attached hydrogens (tertiary/aromatic N) is 2. The average molecular weight is 399 g/mol. The number of hydrogen-bond acceptors (Lipinski definition) is 2. The second-order valence-electron chi connectivity index (χ2n) is 7.41. The van der Waals surface area contributed by atoms with Gasteiger partial charge in [0, 0.05) is 5.69 Å². The van der Waals surface area contributed by atoms with Gasteiger partial charge in [0.1, 0.15) is 0 Å². The summed E-state index contributed by atoms with van der Waals surface area (Å²) in [7, 11) is 0. The summed E-state index contributed by atoms with van der Waals surface area (Å²) in [4.78, 5) is 4.77. The summed E-state index contributed by atoms with van der Waals surface area (Å²) < 4.78 is 2.17. The number of hydrogen-bond donors (Lipinski definition) is 2. The van der Waals surface area contributed by atoms with Crippen LogP contribution >= 0.6 is 12.2 Å². The van der Waals surface area contributed by atoms with Gasteiger partial charge in [0.15, 0.2) is 5.11 Å². The van der Waals surface area contributed by atoms with Gasteiger partial charge in [-0.15, -0.1) is 0 Å². The molecule has 0 bridgehead atoms. The van der Waals surface area contributed by atoms with E-state index in [0.717, 1.165) is 35.6 Å². The van der Waals surface area contributed by atoms with Crippen molar-refractivity contribution in [3.8, 4) is 0 Å². The molecule has 1 aliphatic rings.